The van der Waals surface area contributed by atoms with E-state index >= 15 is 0 Å². The quantitative estimate of drug-likeness (QED) is 0.803. The molecular weight excluding hydrogens is 319 g/mol. The van der Waals surface area contributed by atoms with Crippen molar-refractivity contribution in [2.45, 2.75) is 25.8 Å². The van der Waals surface area contributed by atoms with Gasteiger partial charge >= 0.3 is 0 Å². The van der Waals surface area contributed by atoms with Crippen LogP contribution in [0, 0.1) is 11.7 Å². The normalized spacial score (nSPS) is 17.9. The Morgan fingerprint density at radius 1 is 1.30 bits per heavy atom. The molecule has 0 aliphatic carbocycles. The van der Waals surface area contributed by atoms with Gasteiger partial charge in [0.1, 0.15) is 5.82 Å². The zero-order valence-electron chi connectivity index (χ0n) is 12.4. The van der Waals surface area contributed by atoms with E-state index in [0.717, 1.165) is 35.6 Å². The minimum Gasteiger partial charge on any atom is -0.309 e. The van der Waals surface area contributed by atoms with E-state index in [-0.39, 0.29) is 5.82 Å². The fourth-order valence-electron chi connectivity index (χ4n) is 2.76. The molecule has 0 atom stereocenters. The Morgan fingerprint density at radius 2 is 2.00 bits per heavy atom. The Morgan fingerprint density at radius 3 is 2.60 bits per heavy atom. The van der Waals surface area contributed by atoms with E-state index in [4.69, 9.17) is 0 Å². The van der Waals surface area contributed by atoms with Crippen molar-refractivity contribution in [1.82, 2.24) is 9.80 Å². The highest BCUT2D eigenvalue weighted by Crippen LogP contribution is 2.23. The molecular formula is C16H24BrFN2. The highest BCUT2D eigenvalue weighted by molar-refractivity contribution is 9.10. The van der Waals surface area contributed by atoms with Gasteiger partial charge in [0, 0.05) is 16.6 Å². The molecule has 20 heavy (non-hydrogen) atoms. The summed E-state index contributed by atoms with van der Waals surface area (Å²) < 4.78 is 14.6. The maximum absolute atomic E-state index is 13.8. The minimum absolute atomic E-state index is 0.103. The molecule has 0 spiro atoms. The van der Waals surface area contributed by atoms with E-state index in [9.17, 15) is 4.39 Å². The second kappa shape index (κ2) is 7.53. The molecule has 0 radical (unpaired) electrons. The molecule has 1 aromatic rings. The average molecular weight is 343 g/mol. The molecule has 4 heteroatoms. The van der Waals surface area contributed by atoms with Gasteiger partial charge in [-0.1, -0.05) is 22.0 Å². The molecule has 1 aliphatic rings. The van der Waals surface area contributed by atoms with Crippen LogP contribution in [0.1, 0.15) is 24.8 Å². The summed E-state index contributed by atoms with van der Waals surface area (Å²) in [5.41, 5.74) is 0.806. The van der Waals surface area contributed by atoms with E-state index in [1.165, 1.54) is 25.8 Å². The summed E-state index contributed by atoms with van der Waals surface area (Å²) in [5, 5.41) is 0. The zero-order valence-corrected chi connectivity index (χ0v) is 14.0. The topological polar surface area (TPSA) is 6.48 Å². The van der Waals surface area contributed by atoms with Crippen molar-refractivity contribution >= 4 is 15.9 Å². The van der Waals surface area contributed by atoms with E-state index < -0.39 is 0 Å². The van der Waals surface area contributed by atoms with Crippen molar-refractivity contribution in [2.24, 2.45) is 5.92 Å². The standard InChI is InChI=1S/C16H24BrFN2/c1-19(2)8-5-13-6-9-20(10-7-13)12-14-3-4-15(17)11-16(14)18/h3-4,11,13H,5-10,12H2,1-2H3. The summed E-state index contributed by atoms with van der Waals surface area (Å²) in [6.07, 6.45) is 3.77. The maximum Gasteiger partial charge on any atom is 0.128 e. The molecule has 112 valence electrons. The second-order valence-corrected chi connectivity index (χ2v) is 6.96. The molecule has 2 nitrogen and oxygen atoms in total. The molecule has 1 aromatic carbocycles. The Kier molecular flexibility index (Phi) is 6.00. The van der Waals surface area contributed by atoms with Gasteiger partial charge in [0.25, 0.3) is 0 Å². The average Bonchev–Trinajstić information content (AvgIpc) is 2.41. The number of hydrogen-bond donors (Lipinski definition) is 0. The van der Waals surface area contributed by atoms with Gasteiger partial charge in [-0.15, -0.1) is 0 Å². The number of benzene rings is 1. The van der Waals surface area contributed by atoms with Gasteiger partial charge in [-0.25, -0.2) is 4.39 Å². The maximum atomic E-state index is 13.8. The fraction of sp³-hybridized carbons (Fsp3) is 0.625. The first-order valence-electron chi connectivity index (χ1n) is 7.35. The molecule has 1 fully saturated rings. The van der Waals surface area contributed by atoms with Gasteiger partial charge in [0.05, 0.1) is 0 Å². The summed E-state index contributed by atoms with van der Waals surface area (Å²) in [5.74, 6) is 0.734. The molecule has 1 saturated heterocycles. The Balaban J connectivity index is 1.79. The monoisotopic (exact) mass is 342 g/mol. The van der Waals surface area contributed by atoms with Crippen LogP contribution in [0.4, 0.5) is 4.39 Å². The smallest absolute Gasteiger partial charge is 0.128 e. The highest BCUT2D eigenvalue weighted by atomic mass is 79.9. The van der Waals surface area contributed by atoms with Crippen molar-refractivity contribution < 1.29 is 4.39 Å². The van der Waals surface area contributed by atoms with Crippen LogP contribution in [0.15, 0.2) is 22.7 Å². The van der Waals surface area contributed by atoms with Crippen LogP contribution in [0.3, 0.4) is 0 Å². The van der Waals surface area contributed by atoms with Crippen LogP contribution in [-0.4, -0.2) is 43.5 Å². The lowest BCUT2D eigenvalue weighted by Gasteiger charge is -2.32. The van der Waals surface area contributed by atoms with Crippen LogP contribution in [0.5, 0.6) is 0 Å². The van der Waals surface area contributed by atoms with Crippen molar-refractivity contribution in [3.05, 3.63) is 34.1 Å². The van der Waals surface area contributed by atoms with Gasteiger partial charge in [-0.05, 0) is 71.0 Å². The third-order valence-corrected chi connectivity index (χ3v) is 4.59. The molecule has 0 saturated carbocycles. The lowest BCUT2D eigenvalue weighted by Crippen LogP contribution is -2.34. The molecule has 1 heterocycles. The Bertz CT molecular complexity index is 428. The summed E-state index contributed by atoms with van der Waals surface area (Å²) in [7, 11) is 4.26. The lowest BCUT2D eigenvalue weighted by atomic mass is 9.93. The first-order chi connectivity index (χ1) is 9.54. The molecule has 0 amide bonds. The summed E-state index contributed by atoms with van der Waals surface area (Å²) in [6, 6.07) is 5.36. The second-order valence-electron chi connectivity index (χ2n) is 6.05. The number of rotatable bonds is 5. The van der Waals surface area contributed by atoms with Gasteiger partial charge in [0.15, 0.2) is 0 Å². The summed E-state index contributed by atoms with van der Waals surface area (Å²) in [4.78, 5) is 4.63. The first-order valence-corrected chi connectivity index (χ1v) is 8.15. The first kappa shape index (κ1) is 15.9. The molecule has 1 aliphatic heterocycles. The van der Waals surface area contributed by atoms with Crippen LogP contribution in [0.2, 0.25) is 0 Å². The molecule has 0 unspecified atom stereocenters. The molecule has 0 aromatic heterocycles. The molecule has 0 bridgehead atoms. The summed E-state index contributed by atoms with van der Waals surface area (Å²) in [6.45, 7) is 4.09. The number of likely N-dealkylation sites (tertiary alicyclic amines) is 1. The van der Waals surface area contributed by atoms with E-state index in [2.05, 4.69) is 39.8 Å². The number of hydrogen-bond acceptors (Lipinski definition) is 2. The van der Waals surface area contributed by atoms with Crippen molar-refractivity contribution in [3.8, 4) is 0 Å². The largest absolute Gasteiger partial charge is 0.309 e. The number of halogens is 2. The van der Waals surface area contributed by atoms with Gasteiger partial charge in [-0.3, -0.25) is 4.90 Å². The van der Waals surface area contributed by atoms with Crippen molar-refractivity contribution in [2.75, 3.05) is 33.7 Å². The Labute approximate surface area is 130 Å². The lowest BCUT2D eigenvalue weighted by molar-refractivity contribution is 0.164. The van der Waals surface area contributed by atoms with Crippen LogP contribution in [0.25, 0.3) is 0 Å². The van der Waals surface area contributed by atoms with Crippen LogP contribution in [-0.2, 0) is 6.54 Å². The number of piperidine rings is 1. The van der Waals surface area contributed by atoms with Crippen molar-refractivity contribution in [3.63, 3.8) is 0 Å². The minimum atomic E-state index is -0.103. The van der Waals surface area contributed by atoms with Gasteiger partial charge < -0.3 is 4.90 Å². The third-order valence-electron chi connectivity index (χ3n) is 4.10. The number of nitrogens with zero attached hydrogens (tertiary/aromatic N) is 2. The van der Waals surface area contributed by atoms with Crippen LogP contribution < -0.4 is 0 Å². The predicted octanol–water partition coefficient (Wildman–Crippen LogP) is 3.75. The third kappa shape index (κ3) is 4.83. The highest BCUT2D eigenvalue weighted by Gasteiger charge is 2.20. The van der Waals surface area contributed by atoms with Crippen molar-refractivity contribution in [1.29, 1.82) is 0 Å². The molecule has 0 N–H and O–H groups in total. The van der Waals surface area contributed by atoms with E-state index in [0.29, 0.717) is 0 Å². The zero-order chi connectivity index (χ0) is 14.5. The Hall–Kier alpha value is -0.450. The van der Waals surface area contributed by atoms with E-state index in [1.807, 2.05) is 12.1 Å². The van der Waals surface area contributed by atoms with E-state index in [1.54, 1.807) is 6.07 Å². The predicted molar refractivity (Wildman–Crippen MR) is 85.3 cm³/mol. The summed E-state index contributed by atoms with van der Waals surface area (Å²) >= 11 is 3.30. The van der Waals surface area contributed by atoms with Gasteiger partial charge in [0.2, 0.25) is 0 Å². The van der Waals surface area contributed by atoms with Gasteiger partial charge in [-0.2, -0.15) is 0 Å². The molecule has 2 rings (SSSR count). The van der Waals surface area contributed by atoms with Crippen LogP contribution >= 0.6 is 15.9 Å². The SMILES string of the molecule is CN(C)CCC1CCN(Cc2ccc(Br)cc2F)CC1. The fourth-order valence-corrected chi connectivity index (χ4v) is 3.10.